The number of amides is 1. The Labute approximate surface area is 213 Å². The smallest absolute Gasteiger partial charge is 0.255 e. The lowest BCUT2D eigenvalue weighted by molar-refractivity contribution is -0.0644. The molecule has 2 heterocycles. The van der Waals surface area contributed by atoms with Crippen molar-refractivity contribution in [1.82, 2.24) is 5.32 Å². The van der Waals surface area contributed by atoms with Crippen LogP contribution in [-0.2, 0) is 19.5 Å². The van der Waals surface area contributed by atoms with Crippen molar-refractivity contribution in [2.24, 2.45) is 0 Å². The van der Waals surface area contributed by atoms with Crippen molar-refractivity contribution in [3.05, 3.63) is 53.3 Å². The van der Waals surface area contributed by atoms with E-state index in [0.29, 0.717) is 22.2 Å². The van der Waals surface area contributed by atoms with Crippen LogP contribution in [-0.4, -0.2) is 76.4 Å². The first-order valence-electron chi connectivity index (χ1n) is 11.6. The minimum atomic E-state index is -3.77. The van der Waals surface area contributed by atoms with Crippen molar-refractivity contribution in [2.45, 2.75) is 25.2 Å². The fourth-order valence-corrected chi connectivity index (χ4v) is 5.28. The number of carbonyl (C=O) groups is 1. The summed E-state index contributed by atoms with van der Waals surface area (Å²) in [4.78, 5) is 12.9. The highest BCUT2D eigenvalue weighted by atomic mass is 32.2. The molecule has 0 unspecified atom stereocenters. The van der Waals surface area contributed by atoms with Crippen LogP contribution in [0.4, 0.5) is 10.1 Å². The van der Waals surface area contributed by atoms with Crippen molar-refractivity contribution >= 4 is 32.6 Å². The predicted octanol–water partition coefficient (Wildman–Crippen LogP) is 2.19. The molecular weight excluding hydrogens is 507 g/mol. The van der Waals surface area contributed by atoms with Crippen LogP contribution in [0.25, 0.3) is 22.3 Å². The standard InChI is InChI=1S/C25H29FN2O8S/c1-14-19-8-20-22(36-24(23(20)25(31)27-2)15-4-6-16(26)7-5-15)9-21(19)28(37(3,32)33)10-18(35-14)13-34-12-17(30)11-29/h4-9,14,17-18,29-30H,10-13H2,1-3H3,(H,27,31)/t14-,17+,18-/m0/s1. The number of hydrogen-bond donors (Lipinski definition) is 3. The van der Waals surface area contributed by atoms with Gasteiger partial charge in [0.1, 0.15) is 29.4 Å². The Morgan fingerprint density at radius 2 is 2.00 bits per heavy atom. The maximum absolute atomic E-state index is 13.5. The van der Waals surface area contributed by atoms with Gasteiger partial charge in [0, 0.05) is 29.6 Å². The molecule has 3 N–H and O–H groups in total. The lowest BCUT2D eigenvalue weighted by Gasteiger charge is -2.25. The zero-order chi connectivity index (χ0) is 26.9. The molecule has 12 heteroatoms. The normalized spacial score (nSPS) is 18.9. The number of sulfonamides is 1. The number of benzene rings is 2. The molecule has 4 rings (SSSR count). The molecule has 1 aromatic heterocycles. The van der Waals surface area contributed by atoms with Crippen molar-refractivity contribution in [1.29, 1.82) is 0 Å². The van der Waals surface area contributed by atoms with Crippen LogP contribution in [0.3, 0.4) is 0 Å². The number of anilines is 1. The van der Waals surface area contributed by atoms with Gasteiger partial charge in [-0.2, -0.15) is 0 Å². The highest BCUT2D eigenvalue weighted by Gasteiger charge is 2.34. The summed E-state index contributed by atoms with van der Waals surface area (Å²) in [7, 11) is -2.29. The largest absolute Gasteiger partial charge is 0.455 e. The highest BCUT2D eigenvalue weighted by molar-refractivity contribution is 7.92. The van der Waals surface area contributed by atoms with Crippen molar-refractivity contribution in [2.75, 3.05) is 44.0 Å². The second-order valence-electron chi connectivity index (χ2n) is 8.87. The van der Waals surface area contributed by atoms with Crippen LogP contribution in [0, 0.1) is 5.82 Å². The Hall–Kier alpha value is -3.03. The van der Waals surface area contributed by atoms with Crippen LogP contribution >= 0.6 is 0 Å². The van der Waals surface area contributed by atoms with E-state index in [0.717, 1.165) is 6.26 Å². The molecule has 37 heavy (non-hydrogen) atoms. The van der Waals surface area contributed by atoms with E-state index in [9.17, 15) is 22.7 Å². The van der Waals surface area contributed by atoms with E-state index in [1.165, 1.54) is 35.6 Å². The molecule has 3 atom stereocenters. The van der Waals surface area contributed by atoms with Gasteiger partial charge in [-0.3, -0.25) is 9.10 Å². The molecular formula is C25H29FN2O8S. The van der Waals surface area contributed by atoms with Gasteiger partial charge in [0.2, 0.25) is 10.0 Å². The van der Waals surface area contributed by atoms with Crippen LogP contribution in [0.1, 0.15) is 28.9 Å². The molecule has 200 valence electrons. The number of ether oxygens (including phenoxy) is 2. The van der Waals surface area contributed by atoms with Gasteiger partial charge in [0.15, 0.2) is 0 Å². The summed E-state index contributed by atoms with van der Waals surface area (Å²) in [5, 5.41) is 21.6. The number of carbonyl (C=O) groups excluding carboxylic acids is 1. The molecule has 3 aromatic rings. The first-order valence-corrected chi connectivity index (χ1v) is 13.5. The van der Waals surface area contributed by atoms with Crippen molar-refractivity contribution in [3.8, 4) is 11.3 Å². The second-order valence-corrected chi connectivity index (χ2v) is 10.8. The molecule has 1 amide bonds. The highest BCUT2D eigenvalue weighted by Crippen LogP contribution is 2.42. The number of halogens is 1. The van der Waals surface area contributed by atoms with Gasteiger partial charge in [-0.25, -0.2) is 12.8 Å². The molecule has 1 aliphatic heterocycles. The molecule has 0 radical (unpaired) electrons. The number of furan rings is 1. The van der Waals surface area contributed by atoms with Gasteiger partial charge >= 0.3 is 0 Å². The maximum atomic E-state index is 13.5. The summed E-state index contributed by atoms with van der Waals surface area (Å²) in [6, 6.07) is 8.74. The number of rotatable bonds is 8. The van der Waals surface area contributed by atoms with E-state index >= 15 is 0 Å². The number of hydrogen-bond acceptors (Lipinski definition) is 8. The predicted molar refractivity (Wildman–Crippen MR) is 134 cm³/mol. The summed E-state index contributed by atoms with van der Waals surface area (Å²) >= 11 is 0. The Balaban J connectivity index is 1.82. The van der Waals surface area contributed by atoms with Gasteiger partial charge in [0.25, 0.3) is 5.91 Å². The lowest BCUT2D eigenvalue weighted by atomic mass is 10.0. The lowest BCUT2D eigenvalue weighted by Crippen LogP contribution is -2.39. The molecule has 0 aliphatic carbocycles. The first-order chi connectivity index (χ1) is 17.5. The minimum absolute atomic E-state index is 0.0181. The third kappa shape index (κ3) is 5.63. The van der Waals surface area contributed by atoms with Gasteiger partial charge in [-0.15, -0.1) is 0 Å². The number of nitrogens with one attached hydrogen (secondary N) is 1. The van der Waals surface area contributed by atoms with E-state index in [1.807, 2.05) is 0 Å². The van der Waals surface area contributed by atoms with Gasteiger partial charge in [-0.05, 0) is 37.3 Å². The number of fused-ring (bicyclic) bond motifs is 2. The Morgan fingerprint density at radius 3 is 2.62 bits per heavy atom. The Morgan fingerprint density at radius 1 is 1.30 bits per heavy atom. The van der Waals surface area contributed by atoms with Crippen LogP contribution < -0.4 is 9.62 Å². The van der Waals surface area contributed by atoms with E-state index in [-0.39, 0.29) is 36.7 Å². The fourth-order valence-electron chi connectivity index (χ4n) is 4.33. The van der Waals surface area contributed by atoms with Crippen LogP contribution in [0.2, 0.25) is 0 Å². The Kier molecular flexibility index (Phi) is 7.85. The summed E-state index contributed by atoms with van der Waals surface area (Å²) in [6.07, 6.45) is -1.25. The third-order valence-electron chi connectivity index (χ3n) is 6.10. The quantitative estimate of drug-likeness (QED) is 0.398. The van der Waals surface area contributed by atoms with Gasteiger partial charge in [0.05, 0.1) is 50.0 Å². The van der Waals surface area contributed by atoms with Crippen molar-refractivity contribution < 1.29 is 41.7 Å². The van der Waals surface area contributed by atoms with E-state index in [2.05, 4.69) is 5.32 Å². The molecule has 10 nitrogen and oxygen atoms in total. The molecule has 2 aromatic carbocycles. The topological polar surface area (TPSA) is 139 Å². The average Bonchev–Trinajstić information content (AvgIpc) is 3.16. The molecule has 0 saturated heterocycles. The SMILES string of the molecule is CNC(=O)c1c(-c2ccc(F)cc2)oc2cc3c(cc12)[C@H](C)O[C@H](COC[C@H](O)CO)CN3S(C)(=O)=O. The molecule has 1 aliphatic rings. The molecule has 0 fully saturated rings. The second kappa shape index (κ2) is 10.8. The van der Waals surface area contributed by atoms with Crippen LogP contribution in [0.5, 0.6) is 0 Å². The summed E-state index contributed by atoms with van der Waals surface area (Å²) in [6.45, 7) is 1.08. The number of aliphatic hydroxyl groups excluding tert-OH is 2. The maximum Gasteiger partial charge on any atom is 0.255 e. The molecule has 0 spiro atoms. The van der Waals surface area contributed by atoms with E-state index in [1.54, 1.807) is 19.1 Å². The van der Waals surface area contributed by atoms with Gasteiger partial charge < -0.3 is 29.4 Å². The zero-order valence-corrected chi connectivity index (χ0v) is 21.4. The number of nitrogens with zero attached hydrogens (tertiary/aromatic N) is 1. The molecule has 0 saturated carbocycles. The Bertz CT molecular complexity index is 1390. The third-order valence-corrected chi connectivity index (χ3v) is 7.24. The minimum Gasteiger partial charge on any atom is -0.455 e. The van der Waals surface area contributed by atoms with E-state index < -0.39 is 46.7 Å². The first kappa shape index (κ1) is 27.0. The van der Waals surface area contributed by atoms with Gasteiger partial charge in [-0.1, -0.05) is 0 Å². The summed E-state index contributed by atoms with van der Waals surface area (Å²) < 4.78 is 58.0. The summed E-state index contributed by atoms with van der Waals surface area (Å²) in [5.41, 5.74) is 1.85. The fraction of sp³-hybridized carbons (Fsp3) is 0.400. The number of aliphatic hydroxyl groups is 2. The van der Waals surface area contributed by atoms with E-state index in [4.69, 9.17) is 19.0 Å². The monoisotopic (exact) mass is 536 g/mol. The van der Waals surface area contributed by atoms with Crippen molar-refractivity contribution in [3.63, 3.8) is 0 Å². The summed E-state index contributed by atoms with van der Waals surface area (Å²) in [5.74, 6) is -0.635. The average molecular weight is 537 g/mol. The zero-order valence-electron chi connectivity index (χ0n) is 20.6. The molecule has 0 bridgehead atoms. The van der Waals surface area contributed by atoms with Crippen LogP contribution in [0.15, 0.2) is 40.8 Å².